The molecule has 4 aromatic rings. The van der Waals surface area contributed by atoms with Crippen LogP contribution in [0.25, 0.3) is 10.2 Å². The summed E-state index contributed by atoms with van der Waals surface area (Å²) in [6, 6.07) is 11.0. The van der Waals surface area contributed by atoms with Crippen molar-refractivity contribution >= 4 is 27.5 Å². The van der Waals surface area contributed by atoms with E-state index in [0.717, 1.165) is 24.1 Å². The van der Waals surface area contributed by atoms with Gasteiger partial charge >= 0.3 is 6.18 Å². The van der Waals surface area contributed by atoms with Crippen LogP contribution >= 0.6 is 11.3 Å². The predicted molar refractivity (Wildman–Crippen MR) is 111 cm³/mol. The molecule has 0 saturated carbocycles. The van der Waals surface area contributed by atoms with Gasteiger partial charge in [0.05, 0.1) is 27.5 Å². The van der Waals surface area contributed by atoms with E-state index in [9.17, 15) is 18.4 Å². The fraction of sp³-hybridized carbons (Fsp3) is 0.190. The van der Waals surface area contributed by atoms with Gasteiger partial charge in [-0.05, 0) is 42.3 Å². The number of halogens is 3. The second-order valence-corrected chi connectivity index (χ2v) is 7.70. The number of nitrogens with one attached hydrogen (secondary N) is 1. The number of nitrogens with zero attached hydrogens (tertiary/aromatic N) is 5. The Labute approximate surface area is 179 Å². The lowest BCUT2D eigenvalue weighted by atomic mass is 10.1. The minimum Gasteiger partial charge on any atom is -0.354 e. The molecule has 1 N–H and O–H groups in total. The average molecular weight is 440 g/mol. The zero-order chi connectivity index (χ0) is 21.8. The highest BCUT2D eigenvalue weighted by molar-refractivity contribution is 7.18. The molecule has 1 aromatic carbocycles. The van der Waals surface area contributed by atoms with Gasteiger partial charge < -0.3 is 5.32 Å². The topological polar surface area (TPSA) is 87.4 Å². The predicted octanol–water partition coefficient (Wildman–Crippen LogP) is 4.81. The van der Waals surface area contributed by atoms with Gasteiger partial charge in [0.2, 0.25) is 5.95 Å². The average Bonchev–Trinajstić information content (AvgIpc) is 3.18. The summed E-state index contributed by atoms with van der Waals surface area (Å²) in [6.45, 7) is 0.577. The molecule has 6 nitrogen and oxygen atoms in total. The van der Waals surface area contributed by atoms with E-state index >= 15 is 0 Å². The number of pyridine rings is 1. The highest BCUT2D eigenvalue weighted by atomic mass is 32.1. The Hall–Kier alpha value is -3.58. The van der Waals surface area contributed by atoms with Crippen molar-refractivity contribution < 1.29 is 13.2 Å². The van der Waals surface area contributed by atoms with Crippen molar-refractivity contribution in [2.75, 3.05) is 11.9 Å². The Morgan fingerprint density at radius 3 is 2.74 bits per heavy atom. The van der Waals surface area contributed by atoms with Crippen molar-refractivity contribution in [3.8, 4) is 6.07 Å². The maximum atomic E-state index is 13.0. The van der Waals surface area contributed by atoms with Crippen molar-refractivity contribution in [1.82, 2.24) is 19.9 Å². The summed E-state index contributed by atoms with van der Waals surface area (Å²) in [5.74, 6) is -0.448. The van der Waals surface area contributed by atoms with Gasteiger partial charge in [0, 0.05) is 25.1 Å². The highest BCUT2D eigenvalue weighted by Crippen LogP contribution is 2.35. The quantitative estimate of drug-likeness (QED) is 0.463. The number of alkyl halides is 3. The molecule has 0 aliphatic carbocycles. The molecular weight excluding hydrogens is 425 g/mol. The first-order valence-electron chi connectivity index (χ1n) is 9.27. The third-order valence-electron chi connectivity index (χ3n) is 4.50. The van der Waals surface area contributed by atoms with E-state index in [0.29, 0.717) is 27.9 Å². The molecule has 1 atom stereocenters. The summed E-state index contributed by atoms with van der Waals surface area (Å²) in [5.41, 5.74) is 0.927. The van der Waals surface area contributed by atoms with E-state index in [1.165, 1.54) is 23.6 Å². The van der Waals surface area contributed by atoms with Crippen LogP contribution in [-0.4, -0.2) is 26.5 Å². The molecular formula is C21H15F3N6S. The summed E-state index contributed by atoms with van der Waals surface area (Å²) in [5, 5.41) is 13.2. The Balaban J connectivity index is 1.53. The molecule has 10 heteroatoms. The Bertz CT molecular complexity index is 1230. The fourth-order valence-corrected chi connectivity index (χ4v) is 3.98. The molecule has 0 amide bonds. The number of anilines is 1. The van der Waals surface area contributed by atoms with Crippen molar-refractivity contribution in [2.24, 2.45) is 0 Å². The first kappa shape index (κ1) is 20.7. The van der Waals surface area contributed by atoms with E-state index in [1.54, 1.807) is 18.5 Å². The molecule has 4 rings (SSSR count). The maximum Gasteiger partial charge on any atom is 0.416 e. The maximum absolute atomic E-state index is 13.0. The Kier molecular flexibility index (Phi) is 5.77. The van der Waals surface area contributed by atoms with Crippen LogP contribution in [-0.2, 0) is 12.6 Å². The number of aromatic nitrogens is 4. The van der Waals surface area contributed by atoms with Gasteiger partial charge in [-0.1, -0.05) is 6.07 Å². The van der Waals surface area contributed by atoms with Crippen LogP contribution in [0.15, 0.2) is 55.0 Å². The van der Waals surface area contributed by atoms with Crippen LogP contribution in [0.5, 0.6) is 0 Å². The number of rotatable bonds is 6. The molecule has 3 heterocycles. The standard InChI is InChI=1S/C21H15F3N6S/c22-21(23,24)14-3-4-18-17(10-14)29-19(31-18)15(11-25)16-6-9-28-20(30-16)27-8-5-13-2-1-7-26-12-13/h1-4,6-7,9-10,12,15H,5,8H2,(H,27,28,30). The van der Waals surface area contributed by atoms with Gasteiger partial charge in [-0.15, -0.1) is 11.3 Å². The lowest BCUT2D eigenvalue weighted by Gasteiger charge is -2.08. The molecule has 156 valence electrons. The summed E-state index contributed by atoms with van der Waals surface area (Å²) in [7, 11) is 0. The number of benzene rings is 1. The molecule has 1 unspecified atom stereocenters. The zero-order valence-corrected chi connectivity index (χ0v) is 16.8. The molecule has 0 fully saturated rings. The van der Waals surface area contributed by atoms with Crippen molar-refractivity contribution in [2.45, 2.75) is 18.5 Å². The van der Waals surface area contributed by atoms with Crippen LogP contribution in [0, 0.1) is 11.3 Å². The Morgan fingerprint density at radius 2 is 2.00 bits per heavy atom. The SMILES string of the molecule is N#CC(c1ccnc(NCCc2cccnc2)n1)c1nc2cc(C(F)(F)F)ccc2s1. The van der Waals surface area contributed by atoms with Gasteiger partial charge in [0.15, 0.2) is 0 Å². The third-order valence-corrected chi connectivity index (χ3v) is 5.60. The fourth-order valence-electron chi connectivity index (χ4n) is 2.98. The second kappa shape index (κ2) is 8.65. The summed E-state index contributed by atoms with van der Waals surface area (Å²) >= 11 is 1.18. The monoisotopic (exact) mass is 440 g/mol. The molecule has 3 aromatic heterocycles. The van der Waals surface area contributed by atoms with Crippen LogP contribution in [0.2, 0.25) is 0 Å². The van der Waals surface area contributed by atoms with Gasteiger partial charge in [0.25, 0.3) is 0 Å². The first-order valence-corrected chi connectivity index (χ1v) is 10.1. The minimum absolute atomic E-state index is 0.207. The largest absolute Gasteiger partial charge is 0.416 e. The van der Waals surface area contributed by atoms with E-state index in [1.807, 2.05) is 12.1 Å². The minimum atomic E-state index is -4.45. The lowest BCUT2D eigenvalue weighted by Crippen LogP contribution is -2.10. The third kappa shape index (κ3) is 4.78. The van der Waals surface area contributed by atoms with Crippen molar-refractivity contribution in [1.29, 1.82) is 5.26 Å². The molecule has 0 aliphatic rings. The van der Waals surface area contributed by atoms with Crippen LogP contribution < -0.4 is 5.32 Å². The van der Waals surface area contributed by atoms with Crippen molar-refractivity contribution in [3.63, 3.8) is 0 Å². The van der Waals surface area contributed by atoms with Crippen LogP contribution in [0.4, 0.5) is 19.1 Å². The molecule has 0 radical (unpaired) electrons. The molecule has 0 saturated heterocycles. The number of nitriles is 1. The number of hydrogen-bond donors (Lipinski definition) is 1. The molecule has 0 spiro atoms. The van der Waals surface area contributed by atoms with Gasteiger partial charge in [-0.3, -0.25) is 4.98 Å². The molecule has 0 aliphatic heterocycles. The number of hydrogen-bond acceptors (Lipinski definition) is 7. The number of thiazole rings is 1. The zero-order valence-electron chi connectivity index (χ0n) is 16.0. The smallest absolute Gasteiger partial charge is 0.354 e. The first-order chi connectivity index (χ1) is 14.9. The van der Waals surface area contributed by atoms with Gasteiger partial charge in [-0.2, -0.15) is 18.4 Å². The van der Waals surface area contributed by atoms with Gasteiger partial charge in [0.1, 0.15) is 10.9 Å². The van der Waals surface area contributed by atoms with Gasteiger partial charge in [-0.25, -0.2) is 15.0 Å². The summed E-state index contributed by atoms with van der Waals surface area (Å²) in [4.78, 5) is 16.9. The molecule has 0 bridgehead atoms. The summed E-state index contributed by atoms with van der Waals surface area (Å²) in [6.07, 6.45) is 1.30. The van der Waals surface area contributed by atoms with E-state index in [-0.39, 0.29) is 5.52 Å². The lowest BCUT2D eigenvalue weighted by molar-refractivity contribution is -0.137. The van der Waals surface area contributed by atoms with E-state index < -0.39 is 17.7 Å². The van der Waals surface area contributed by atoms with Crippen LogP contribution in [0.3, 0.4) is 0 Å². The highest BCUT2D eigenvalue weighted by Gasteiger charge is 2.31. The van der Waals surface area contributed by atoms with Crippen molar-refractivity contribution in [3.05, 3.63) is 76.8 Å². The second-order valence-electron chi connectivity index (χ2n) is 6.64. The Morgan fingerprint density at radius 1 is 1.13 bits per heavy atom. The normalized spacial score (nSPS) is 12.5. The summed E-state index contributed by atoms with van der Waals surface area (Å²) < 4.78 is 39.5. The van der Waals surface area contributed by atoms with E-state index in [2.05, 4.69) is 31.3 Å². The van der Waals surface area contributed by atoms with Crippen LogP contribution in [0.1, 0.15) is 27.7 Å². The number of fused-ring (bicyclic) bond motifs is 1. The molecule has 31 heavy (non-hydrogen) atoms. The van der Waals surface area contributed by atoms with E-state index in [4.69, 9.17) is 0 Å².